The van der Waals surface area contributed by atoms with Gasteiger partial charge in [0.05, 0.1) is 26.4 Å². The molecule has 0 aliphatic carbocycles. The van der Waals surface area contributed by atoms with Crippen LogP contribution in [0.5, 0.6) is 0 Å². The maximum atomic E-state index is 5.95. The molecule has 8 heteroatoms. The number of rotatable bonds is 17. The Morgan fingerprint density at radius 2 is 1.38 bits per heavy atom. The Bertz CT molecular complexity index is 320. The average Bonchev–Trinajstić information content (AvgIpc) is 3.50. The van der Waals surface area contributed by atoms with E-state index in [9.17, 15) is 0 Å². The van der Waals surface area contributed by atoms with Crippen molar-refractivity contribution in [3.05, 3.63) is 0 Å². The summed E-state index contributed by atoms with van der Waals surface area (Å²) in [5, 5.41) is 0. The van der Waals surface area contributed by atoms with Crippen molar-refractivity contribution in [2.45, 2.75) is 43.9 Å². The van der Waals surface area contributed by atoms with Crippen molar-refractivity contribution in [2.24, 2.45) is 0 Å². The van der Waals surface area contributed by atoms with Crippen molar-refractivity contribution in [1.29, 1.82) is 0 Å². The number of hydrogen-bond acceptors (Lipinski definition) is 7. The van der Waals surface area contributed by atoms with E-state index in [4.69, 9.17) is 32.2 Å². The van der Waals surface area contributed by atoms with Crippen LogP contribution in [0.25, 0.3) is 0 Å². The predicted octanol–water partition coefficient (Wildman–Crippen LogP) is 1.63. The normalized spacial score (nSPS) is 22.8. The van der Waals surface area contributed by atoms with Gasteiger partial charge in [0.25, 0.3) is 0 Å². The lowest BCUT2D eigenvalue weighted by molar-refractivity contribution is 0.0705. The van der Waals surface area contributed by atoms with Gasteiger partial charge >= 0.3 is 8.80 Å². The van der Waals surface area contributed by atoms with E-state index in [0.717, 1.165) is 58.2 Å². The maximum absolute atomic E-state index is 5.95. The zero-order valence-corrected chi connectivity index (χ0v) is 16.0. The molecule has 0 radical (unpaired) electrons. The van der Waals surface area contributed by atoms with Gasteiger partial charge in [-0.05, 0) is 19.3 Å². The summed E-state index contributed by atoms with van der Waals surface area (Å²) in [5.74, 6) is 0. The summed E-state index contributed by atoms with van der Waals surface area (Å²) in [5.41, 5.74) is 0. The average molecular weight is 365 g/mol. The molecular formula is C16H32O7Si. The van der Waals surface area contributed by atoms with Gasteiger partial charge in [-0.15, -0.1) is 0 Å². The largest absolute Gasteiger partial charge is 0.500 e. The predicted molar refractivity (Wildman–Crippen MR) is 90.1 cm³/mol. The number of ether oxygens (including phenoxy) is 4. The number of hydrogen-bond donors (Lipinski definition) is 0. The van der Waals surface area contributed by atoms with Crippen LogP contribution in [0, 0.1) is 0 Å². The molecule has 2 saturated heterocycles. The Kier molecular flexibility index (Phi) is 9.73. The Hall–Kier alpha value is -0.0631. The third-order valence-corrected chi connectivity index (χ3v) is 6.91. The highest BCUT2D eigenvalue weighted by atomic mass is 28.4. The van der Waals surface area contributed by atoms with Gasteiger partial charge < -0.3 is 32.2 Å². The van der Waals surface area contributed by atoms with Gasteiger partial charge in [0.15, 0.2) is 0 Å². The van der Waals surface area contributed by atoms with E-state index >= 15 is 0 Å². The Labute approximate surface area is 146 Å². The molecule has 0 aromatic carbocycles. The molecule has 7 nitrogen and oxygen atoms in total. The van der Waals surface area contributed by atoms with Crippen LogP contribution in [0.1, 0.15) is 25.7 Å². The zero-order chi connectivity index (χ0) is 17.1. The van der Waals surface area contributed by atoms with Crippen LogP contribution in [0.15, 0.2) is 0 Å². The van der Waals surface area contributed by atoms with Crippen molar-refractivity contribution in [3.63, 3.8) is 0 Å². The van der Waals surface area contributed by atoms with Gasteiger partial charge in [0, 0.05) is 40.1 Å². The topological polar surface area (TPSA) is 71.2 Å². The smallest absolute Gasteiger partial charge is 0.379 e. The molecular weight excluding hydrogens is 332 g/mol. The van der Waals surface area contributed by atoms with E-state index in [-0.39, 0.29) is 0 Å². The number of unbranched alkanes of at least 4 members (excludes halogenated alkanes) is 2. The van der Waals surface area contributed by atoms with Crippen LogP contribution in [0.2, 0.25) is 6.04 Å². The molecule has 2 rings (SSSR count). The minimum Gasteiger partial charge on any atom is -0.379 e. The molecule has 0 N–H and O–H groups in total. The van der Waals surface area contributed by atoms with Gasteiger partial charge in [-0.1, -0.05) is 6.42 Å². The lowest BCUT2D eigenvalue weighted by atomic mass is 10.3. The second kappa shape index (κ2) is 11.5. The maximum Gasteiger partial charge on any atom is 0.500 e. The highest BCUT2D eigenvalue weighted by molar-refractivity contribution is 6.60. The van der Waals surface area contributed by atoms with Crippen LogP contribution in [-0.4, -0.2) is 81.5 Å². The fraction of sp³-hybridized carbons (Fsp3) is 1.00. The van der Waals surface area contributed by atoms with E-state index in [1.54, 1.807) is 14.2 Å². The standard InChI is InChI=1S/C16H32O7Si/c1-17-24(18-2,23-9-6-8-20-12-16-14-22-16)10-5-3-4-7-19-11-15-13-21-15/h15-16H,3-14H2,1-2H3. The highest BCUT2D eigenvalue weighted by Crippen LogP contribution is 2.19. The molecule has 2 fully saturated rings. The van der Waals surface area contributed by atoms with Crippen molar-refractivity contribution < 1.29 is 32.2 Å². The summed E-state index contributed by atoms with van der Waals surface area (Å²) < 4.78 is 38.4. The summed E-state index contributed by atoms with van der Waals surface area (Å²) >= 11 is 0. The Morgan fingerprint density at radius 1 is 0.792 bits per heavy atom. The van der Waals surface area contributed by atoms with E-state index in [2.05, 4.69) is 0 Å². The SMILES string of the molecule is CO[Si](CCCCCOCC1CO1)(OC)OCCCOCC1CO1. The van der Waals surface area contributed by atoms with Crippen LogP contribution < -0.4 is 0 Å². The van der Waals surface area contributed by atoms with Crippen LogP contribution in [0.4, 0.5) is 0 Å². The van der Waals surface area contributed by atoms with E-state index in [1.165, 1.54) is 0 Å². The fourth-order valence-corrected chi connectivity index (χ4v) is 4.44. The van der Waals surface area contributed by atoms with Crippen LogP contribution in [0.3, 0.4) is 0 Å². The van der Waals surface area contributed by atoms with Gasteiger partial charge in [0.1, 0.15) is 12.2 Å². The third-order valence-electron chi connectivity index (χ3n) is 4.06. The minimum atomic E-state index is -2.53. The molecule has 2 aliphatic heterocycles. The van der Waals surface area contributed by atoms with Crippen molar-refractivity contribution >= 4 is 8.80 Å². The minimum absolute atomic E-state index is 0.318. The molecule has 2 atom stereocenters. The summed E-state index contributed by atoms with van der Waals surface area (Å²) in [6.07, 6.45) is 4.65. The Morgan fingerprint density at radius 3 is 1.92 bits per heavy atom. The van der Waals surface area contributed by atoms with Gasteiger partial charge in [0.2, 0.25) is 0 Å². The molecule has 24 heavy (non-hydrogen) atoms. The third kappa shape index (κ3) is 8.86. The first-order valence-electron chi connectivity index (χ1n) is 8.91. The monoisotopic (exact) mass is 364 g/mol. The molecule has 0 aromatic heterocycles. The summed E-state index contributed by atoms with van der Waals surface area (Å²) in [6, 6.07) is 0.836. The first-order valence-corrected chi connectivity index (χ1v) is 10.8. The van der Waals surface area contributed by atoms with E-state index in [0.29, 0.717) is 32.0 Å². The first-order chi connectivity index (χ1) is 11.8. The van der Waals surface area contributed by atoms with E-state index in [1.807, 2.05) is 0 Å². The quantitative estimate of drug-likeness (QED) is 0.221. The summed E-state index contributed by atoms with van der Waals surface area (Å²) in [4.78, 5) is 0. The van der Waals surface area contributed by atoms with Gasteiger partial charge in [-0.3, -0.25) is 0 Å². The highest BCUT2D eigenvalue weighted by Gasteiger charge is 2.38. The number of epoxide rings is 2. The molecule has 0 bridgehead atoms. The van der Waals surface area contributed by atoms with Crippen LogP contribution in [-0.2, 0) is 32.2 Å². The van der Waals surface area contributed by atoms with Crippen molar-refractivity contribution in [3.8, 4) is 0 Å². The lowest BCUT2D eigenvalue weighted by Gasteiger charge is -2.26. The summed E-state index contributed by atoms with van der Waals surface area (Å²) in [7, 11) is 0.821. The second-order valence-electron chi connectivity index (χ2n) is 6.16. The fourth-order valence-electron chi connectivity index (χ4n) is 2.35. The molecule has 0 amide bonds. The van der Waals surface area contributed by atoms with Crippen molar-refractivity contribution in [1.82, 2.24) is 0 Å². The molecule has 2 unspecified atom stereocenters. The molecule has 2 aliphatic rings. The van der Waals surface area contributed by atoms with Crippen LogP contribution >= 0.6 is 0 Å². The molecule has 2 heterocycles. The van der Waals surface area contributed by atoms with Gasteiger partial charge in [-0.2, -0.15) is 0 Å². The zero-order valence-electron chi connectivity index (χ0n) is 15.0. The molecule has 0 spiro atoms. The lowest BCUT2D eigenvalue weighted by Crippen LogP contribution is -2.44. The molecule has 142 valence electrons. The van der Waals surface area contributed by atoms with Crippen molar-refractivity contribution in [2.75, 3.05) is 60.5 Å². The Balaban J connectivity index is 1.45. The molecule has 0 saturated carbocycles. The van der Waals surface area contributed by atoms with E-state index < -0.39 is 8.80 Å². The van der Waals surface area contributed by atoms with Gasteiger partial charge in [-0.25, -0.2) is 0 Å². The summed E-state index contributed by atoms with van der Waals surface area (Å²) in [6.45, 7) is 5.17. The molecule has 0 aromatic rings. The first kappa shape index (κ1) is 20.3. The second-order valence-corrected chi connectivity index (χ2v) is 9.14.